The Morgan fingerprint density at radius 1 is 1.69 bits per heavy atom. The molecule has 16 heavy (non-hydrogen) atoms. The standard InChI is InChI=1S/C9H15N5O2/c1-3-14(4-6(15)11-2)8-7(10)9(16)13-5-12-8/h5H,3-4,10H2,1-2H3,(H,11,15)(H,12,13,16). The van der Waals surface area contributed by atoms with Crippen molar-refractivity contribution < 1.29 is 4.79 Å². The van der Waals surface area contributed by atoms with Crippen LogP contribution in [0.4, 0.5) is 11.5 Å². The minimum Gasteiger partial charge on any atom is -0.391 e. The van der Waals surface area contributed by atoms with Crippen molar-refractivity contribution in [3.05, 3.63) is 16.7 Å². The van der Waals surface area contributed by atoms with Gasteiger partial charge in [-0.2, -0.15) is 0 Å². The van der Waals surface area contributed by atoms with Crippen LogP contribution in [0.5, 0.6) is 0 Å². The molecular weight excluding hydrogens is 210 g/mol. The number of nitrogens with one attached hydrogen (secondary N) is 2. The van der Waals surface area contributed by atoms with Gasteiger partial charge in [0.2, 0.25) is 5.91 Å². The molecule has 4 N–H and O–H groups in total. The topological polar surface area (TPSA) is 104 Å². The largest absolute Gasteiger partial charge is 0.391 e. The summed E-state index contributed by atoms with van der Waals surface area (Å²) in [4.78, 5) is 30.5. The monoisotopic (exact) mass is 225 g/mol. The minimum absolute atomic E-state index is 0.0215. The summed E-state index contributed by atoms with van der Waals surface area (Å²) in [6.07, 6.45) is 1.26. The zero-order chi connectivity index (χ0) is 12.1. The Bertz CT molecular complexity index is 428. The Hall–Kier alpha value is -2.05. The van der Waals surface area contributed by atoms with Crippen molar-refractivity contribution in [1.82, 2.24) is 15.3 Å². The first-order chi connectivity index (χ1) is 7.60. The van der Waals surface area contributed by atoms with Gasteiger partial charge in [0.1, 0.15) is 5.69 Å². The lowest BCUT2D eigenvalue weighted by Crippen LogP contribution is -2.37. The number of nitrogens with two attached hydrogens (primary N) is 1. The molecule has 7 heteroatoms. The molecule has 0 radical (unpaired) electrons. The fourth-order valence-electron chi connectivity index (χ4n) is 1.24. The van der Waals surface area contributed by atoms with E-state index in [1.807, 2.05) is 6.92 Å². The van der Waals surface area contributed by atoms with Crippen LogP contribution >= 0.6 is 0 Å². The highest BCUT2D eigenvalue weighted by molar-refractivity contribution is 5.81. The summed E-state index contributed by atoms with van der Waals surface area (Å²) in [7, 11) is 1.55. The highest BCUT2D eigenvalue weighted by Crippen LogP contribution is 2.13. The lowest BCUT2D eigenvalue weighted by atomic mass is 10.4. The number of hydrogen-bond donors (Lipinski definition) is 3. The number of H-pyrrole nitrogens is 1. The molecule has 0 unspecified atom stereocenters. The van der Waals surface area contributed by atoms with Crippen LogP contribution in [0.15, 0.2) is 11.1 Å². The highest BCUT2D eigenvalue weighted by atomic mass is 16.2. The number of carbonyl (C=O) groups is 1. The molecule has 1 aromatic heterocycles. The van der Waals surface area contributed by atoms with Gasteiger partial charge in [-0.15, -0.1) is 0 Å². The first-order valence-electron chi connectivity index (χ1n) is 4.88. The number of likely N-dealkylation sites (N-methyl/N-ethyl adjacent to an activating group) is 2. The Morgan fingerprint density at radius 2 is 2.38 bits per heavy atom. The summed E-state index contributed by atoms with van der Waals surface area (Å²) in [5.41, 5.74) is 5.22. The molecule has 0 spiro atoms. The lowest BCUT2D eigenvalue weighted by molar-refractivity contribution is -0.119. The second-order valence-corrected chi connectivity index (χ2v) is 3.16. The number of nitrogen functional groups attached to an aromatic ring is 1. The van der Waals surface area contributed by atoms with Gasteiger partial charge in [0, 0.05) is 13.6 Å². The van der Waals surface area contributed by atoms with Crippen LogP contribution in [-0.2, 0) is 4.79 Å². The fourth-order valence-corrected chi connectivity index (χ4v) is 1.24. The maximum absolute atomic E-state index is 11.3. The molecule has 1 amide bonds. The zero-order valence-corrected chi connectivity index (χ0v) is 9.28. The van der Waals surface area contributed by atoms with E-state index in [0.29, 0.717) is 12.4 Å². The molecule has 0 aliphatic rings. The number of anilines is 2. The van der Waals surface area contributed by atoms with Crippen molar-refractivity contribution in [3.8, 4) is 0 Å². The van der Waals surface area contributed by atoms with Gasteiger partial charge in [-0.1, -0.05) is 0 Å². The fraction of sp³-hybridized carbons (Fsp3) is 0.444. The van der Waals surface area contributed by atoms with Crippen LogP contribution in [0.2, 0.25) is 0 Å². The molecule has 0 bridgehead atoms. The second-order valence-electron chi connectivity index (χ2n) is 3.16. The van der Waals surface area contributed by atoms with Gasteiger partial charge in [0.15, 0.2) is 5.82 Å². The molecule has 1 heterocycles. The molecule has 0 aliphatic heterocycles. The van der Waals surface area contributed by atoms with Crippen molar-refractivity contribution in [3.63, 3.8) is 0 Å². The lowest BCUT2D eigenvalue weighted by Gasteiger charge is -2.21. The van der Waals surface area contributed by atoms with Gasteiger partial charge in [-0.25, -0.2) is 4.98 Å². The van der Waals surface area contributed by atoms with Crippen molar-refractivity contribution >= 4 is 17.4 Å². The first-order valence-corrected chi connectivity index (χ1v) is 4.88. The molecular formula is C9H15N5O2. The van der Waals surface area contributed by atoms with Crippen molar-refractivity contribution in [2.24, 2.45) is 0 Å². The zero-order valence-electron chi connectivity index (χ0n) is 9.28. The van der Waals surface area contributed by atoms with E-state index in [-0.39, 0.29) is 18.1 Å². The van der Waals surface area contributed by atoms with Crippen molar-refractivity contribution in [2.75, 3.05) is 30.8 Å². The number of carbonyl (C=O) groups excluding carboxylic acids is 1. The minimum atomic E-state index is -0.402. The second kappa shape index (κ2) is 5.15. The van der Waals surface area contributed by atoms with Gasteiger partial charge in [0.25, 0.3) is 5.56 Å². The normalized spacial score (nSPS) is 9.88. The van der Waals surface area contributed by atoms with Gasteiger partial charge >= 0.3 is 0 Å². The molecule has 1 aromatic rings. The molecule has 0 saturated heterocycles. The summed E-state index contributed by atoms with van der Waals surface area (Å²) >= 11 is 0. The van der Waals surface area contributed by atoms with Gasteiger partial charge in [-0.3, -0.25) is 9.59 Å². The number of rotatable bonds is 4. The van der Waals surface area contributed by atoms with Crippen LogP contribution in [-0.4, -0.2) is 36.0 Å². The number of aromatic amines is 1. The molecule has 0 saturated carbocycles. The maximum Gasteiger partial charge on any atom is 0.276 e. The third-order valence-electron chi connectivity index (χ3n) is 2.16. The number of aromatic nitrogens is 2. The average Bonchev–Trinajstić information content (AvgIpc) is 2.29. The average molecular weight is 225 g/mol. The molecule has 1 rings (SSSR count). The van der Waals surface area contributed by atoms with Crippen LogP contribution in [0.3, 0.4) is 0 Å². The Morgan fingerprint density at radius 3 is 2.94 bits per heavy atom. The first kappa shape index (κ1) is 12.0. The van der Waals surface area contributed by atoms with Gasteiger partial charge in [-0.05, 0) is 6.92 Å². The highest BCUT2D eigenvalue weighted by Gasteiger charge is 2.14. The Balaban J connectivity index is 2.99. The molecule has 0 aliphatic carbocycles. The van der Waals surface area contributed by atoms with Crippen LogP contribution in [0.25, 0.3) is 0 Å². The summed E-state index contributed by atoms with van der Waals surface area (Å²) in [5.74, 6) is 0.165. The van der Waals surface area contributed by atoms with E-state index in [1.54, 1.807) is 11.9 Å². The summed E-state index contributed by atoms with van der Waals surface area (Å²) in [6, 6.07) is 0. The van der Waals surface area contributed by atoms with Crippen LogP contribution in [0, 0.1) is 0 Å². The Kier molecular flexibility index (Phi) is 3.87. The third-order valence-corrected chi connectivity index (χ3v) is 2.16. The van der Waals surface area contributed by atoms with E-state index < -0.39 is 5.56 Å². The van der Waals surface area contributed by atoms with Crippen molar-refractivity contribution in [2.45, 2.75) is 6.92 Å². The summed E-state index contributed by atoms with van der Waals surface area (Å²) < 4.78 is 0. The number of hydrogen-bond acceptors (Lipinski definition) is 5. The van der Waals surface area contributed by atoms with Gasteiger partial charge < -0.3 is 20.9 Å². The van der Waals surface area contributed by atoms with E-state index in [2.05, 4.69) is 15.3 Å². The smallest absolute Gasteiger partial charge is 0.276 e. The summed E-state index contributed by atoms with van der Waals surface area (Å²) in [5, 5.41) is 2.50. The number of nitrogens with zero attached hydrogens (tertiary/aromatic N) is 2. The molecule has 0 fully saturated rings. The van der Waals surface area contributed by atoms with E-state index >= 15 is 0 Å². The van der Waals surface area contributed by atoms with Crippen LogP contribution in [0.1, 0.15) is 6.92 Å². The SMILES string of the molecule is CCN(CC(=O)NC)c1nc[nH]c(=O)c1N. The molecule has 7 nitrogen and oxygen atoms in total. The van der Waals surface area contributed by atoms with Crippen molar-refractivity contribution in [1.29, 1.82) is 0 Å². The summed E-state index contributed by atoms with van der Waals surface area (Å²) in [6.45, 7) is 2.51. The predicted molar refractivity (Wildman–Crippen MR) is 61.2 cm³/mol. The maximum atomic E-state index is 11.3. The van der Waals surface area contributed by atoms with E-state index in [0.717, 1.165) is 0 Å². The van der Waals surface area contributed by atoms with Crippen LogP contribution < -0.4 is 21.5 Å². The quantitative estimate of drug-likeness (QED) is 0.605. The molecule has 88 valence electrons. The predicted octanol–water partition coefficient (Wildman–Crippen LogP) is -1.08. The number of amides is 1. The van der Waals surface area contributed by atoms with E-state index in [1.165, 1.54) is 6.33 Å². The molecule has 0 aromatic carbocycles. The van der Waals surface area contributed by atoms with E-state index in [9.17, 15) is 9.59 Å². The Labute approximate surface area is 92.7 Å². The molecule has 0 atom stereocenters. The van der Waals surface area contributed by atoms with E-state index in [4.69, 9.17) is 5.73 Å². The van der Waals surface area contributed by atoms with Gasteiger partial charge in [0.05, 0.1) is 12.9 Å². The third kappa shape index (κ3) is 2.50.